The second-order valence-electron chi connectivity index (χ2n) is 4.15. The molecule has 0 amide bonds. The van der Waals surface area contributed by atoms with Crippen molar-refractivity contribution in [3.8, 4) is 5.75 Å². The minimum absolute atomic E-state index is 0.352. The maximum absolute atomic E-state index is 5.69. The van der Waals surface area contributed by atoms with Crippen molar-refractivity contribution < 1.29 is 9.47 Å². The van der Waals surface area contributed by atoms with E-state index in [0.717, 1.165) is 17.9 Å². The van der Waals surface area contributed by atoms with Crippen molar-refractivity contribution in [2.45, 2.75) is 12.3 Å². The average Bonchev–Trinajstić information content (AvgIpc) is 2.45. The predicted octanol–water partition coefficient (Wildman–Crippen LogP) is 3.83. The summed E-state index contributed by atoms with van der Waals surface area (Å²) in [6, 6.07) is 8.14. The van der Waals surface area contributed by atoms with Gasteiger partial charge in [-0.1, -0.05) is 36.9 Å². The fraction of sp³-hybridized carbons (Fsp3) is 0.250. The molecule has 1 aliphatic carbocycles. The van der Waals surface area contributed by atoms with Crippen LogP contribution in [0.3, 0.4) is 0 Å². The van der Waals surface area contributed by atoms with Crippen LogP contribution in [0.1, 0.15) is 17.9 Å². The van der Waals surface area contributed by atoms with Gasteiger partial charge in [0, 0.05) is 11.5 Å². The van der Waals surface area contributed by atoms with Crippen molar-refractivity contribution in [2.75, 3.05) is 13.7 Å². The van der Waals surface area contributed by atoms with Crippen molar-refractivity contribution in [1.29, 1.82) is 0 Å². The molecule has 2 nitrogen and oxygen atoms in total. The molecule has 2 rings (SSSR count). The lowest BCUT2D eigenvalue weighted by molar-refractivity contribution is 0.302. The number of allylic oxidation sites excluding steroid dienone is 3. The summed E-state index contributed by atoms with van der Waals surface area (Å²) in [7, 11) is 1.69. The van der Waals surface area contributed by atoms with Gasteiger partial charge in [-0.25, -0.2) is 0 Å². The number of hydrogen-bond donors (Lipinski definition) is 0. The zero-order valence-electron chi connectivity index (χ0n) is 10.6. The van der Waals surface area contributed by atoms with Crippen LogP contribution >= 0.6 is 0 Å². The molecular formula is C16H18O2. The molecule has 1 aromatic rings. The summed E-state index contributed by atoms with van der Waals surface area (Å²) >= 11 is 0. The molecule has 18 heavy (non-hydrogen) atoms. The molecule has 94 valence electrons. The standard InChI is InChI=1S/C16H18O2/c1-3-12-18-16-7-5-4-6-15(16)13-8-10-14(17-2)11-9-13/h3-8,10-11,13H,1,9,12H2,2H3. The van der Waals surface area contributed by atoms with Gasteiger partial charge < -0.3 is 9.47 Å². The summed E-state index contributed by atoms with van der Waals surface area (Å²) in [5.74, 6) is 2.21. The molecule has 0 fully saturated rings. The van der Waals surface area contributed by atoms with Crippen LogP contribution in [0.25, 0.3) is 0 Å². The summed E-state index contributed by atoms with van der Waals surface area (Å²) in [5.41, 5.74) is 1.21. The fourth-order valence-corrected chi connectivity index (χ4v) is 2.05. The lowest BCUT2D eigenvalue weighted by Gasteiger charge is -2.19. The first-order chi connectivity index (χ1) is 8.85. The Bertz CT molecular complexity index is 472. The quantitative estimate of drug-likeness (QED) is 0.731. The molecule has 0 bridgehead atoms. The van der Waals surface area contributed by atoms with E-state index in [9.17, 15) is 0 Å². The molecule has 0 N–H and O–H groups in total. The lowest BCUT2D eigenvalue weighted by Crippen LogP contribution is -2.03. The number of methoxy groups -OCH3 is 1. The number of ether oxygens (including phenoxy) is 2. The van der Waals surface area contributed by atoms with E-state index in [-0.39, 0.29) is 0 Å². The first-order valence-corrected chi connectivity index (χ1v) is 6.10. The number of benzene rings is 1. The van der Waals surface area contributed by atoms with E-state index >= 15 is 0 Å². The highest BCUT2D eigenvalue weighted by Gasteiger charge is 2.15. The number of para-hydroxylation sites is 1. The van der Waals surface area contributed by atoms with Gasteiger partial charge in [0.15, 0.2) is 0 Å². The molecular weight excluding hydrogens is 224 g/mol. The Morgan fingerprint density at radius 1 is 1.39 bits per heavy atom. The van der Waals surface area contributed by atoms with Crippen LogP contribution in [0.15, 0.2) is 60.9 Å². The monoisotopic (exact) mass is 242 g/mol. The van der Waals surface area contributed by atoms with Crippen LogP contribution in [0.2, 0.25) is 0 Å². The van der Waals surface area contributed by atoms with Crippen LogP contribution in [-0.4, -0.2) is 13.7 Å². The number of rotatable bonds is 5. The zero-order chi connectivity index (χ0) is 12.8. The van der Waals surface area contributed by atoms with Crippen molar-refractivity contribution >= 4 is 0 Å². The van der Waals surface area contributed by atoms with E-state index in [0.29, 0.717) is 12.5 Å². The van der Waals surface area contributed by atoms with E-state index in [1.165, 1.54) is 5.56 Å². The first-order valence-electron chi connectivity index (χ1n) is 6.10. The Hall–Kier alpha value is -1.96. The summed E-state index contributed by atoms with van der Waals surface area (Å²) in [4.78, 5) is 0. The highest BCUT2D eigenvalue weighted by atomic mass is 16.5. The molecule has 0 aromatic heterocycles. The topological polar surface area (TPSA) is 18.5 Å². The normalized spacial score (nSPS) is 18.1. The largest absolute Gasteiger partial charge is 0.497 e. The summed E-state index contributed by atoms with van der Waals surface area (Å²) in [5, 5.41) is 0. The van der Waals surface area contributed by atoms with E-state index < -0.39 is 0 Å². The summed E-state index contributed by atoms with van der Waals surface area (Å²) in [6.45, 7) is 4.21. The van der Waals surface area contributed by atoms with E-state index in [1.54, 1.807) is 13.2 Å². The van der Waals surface area contributed by atoms with Gasteiger partial charge in [0.25, 0.3) is 0 Å². The van der Waals surface area contributed by atoms with Gasteiger partial charge in [-0.2, -0.15) is 0 Å². The van der Waals surface area contributed by atoms with Crippen LogP contribution in [0.4, 0.5) is 0 Å². The van der Waals surface area contributed by atoms with Crippen molar-refractivity contribution in [2.24, 2.45) is 0 Å². The smallest absolute Gasteiger partial charge is 0.123 e. The molecule has 0 aliphatic heterocycles. The minimum atomic E-state index is 0.352. The molecule has 2 heteroatoms. The first kappa shape index (κ1) is 12.5. The molecule has 0 radical (unpaired) electrons. The third kappa shape index (κ3) is 2.83. The molecule has 1 atom stereocenters. The summed E-state index contributed by atoms with van der Waals surface area (Å²) < 4.78 is 10.9. The Balaban J connectivity index is 2.16. The fourth-order valence-electron chi connectivity index (χ4n) is 2.05. The van der Waals surface area contributed by atoms with Crippen LogP contribution in [-0.2, 0) is 4.74 Å². The predicted molar refractivity (Wildman–Crippen MR) is 73.7 cm³/mol. The maximum Gasteiger partial charge on any atom is 0.123 e. The SMILES string of the molecule is C=CCOc1ccccc1C1C=CC(OC)=CC1. The molecule has 0 spiro atoms. The highest BCUT2D eigenvalue weighted by Crippen LogP contribution is 2.33. The van der Waals surface area contributed by atoms with Gasteiger partial charge in [0.2, 0.25) is 0 Å². The molecule has 0 heterocycles. The zero-order valence-corrected chi connectivity index (χ0v) is 10.6. The average molecular weight is 242 g/mol. The lowest BCUT2D eigenvalue weighted by atomic mass is 9.91. The number of hydrogen-bond acceptors (Lipinski definition) is 2. The van der Waals surface area contributed by atoms with Gasteiger partial charge in [-0.3, -0.25) is 0 Å². The van der Waals surface area contributed by atoms with Crippen LogP contribution in [0, 0.1) is 0 Å². The Morgan fingerprint density at radius 3 is 2.89 bits per heavy atom. The Morgan fingerprint density at radius 2 is 2.22 bits per heavy atom. The minimum Gasteiger partial charge on any atom is -0.497 e. The molecule has 1 aliphatic rings. The molecule has 0 saturated carbocycles. The Kier molecular flexibility index (Phi) is 4.24. The van der Waals surface area contributed by atoms with Crippen molar-refractivity contribution in [3.63, 3.8) is 0 Å². The van der Waals surface area contributed by atoms with Crippen LogP contribution < -0.4 is 4.74 Å². The van der Waals surface area contributed by atoms with E-state index in [1.807, 2.05) is 24.3 Å². The third-order valence-corrected chi connectivity index (χ3v) is 2.98. The highest BCUT2D eigenvalue weighted by molar-refractivity contribution is 5.41. The second kappa shape index (κ2) is 6.10. The van der Waals surface area contributed by atoms with Gasteiger partial charge in [-0.05, 0) is 24.6 Å². The van der Waals surface area contributed by atoms with E-state index in [4.69, 9.17) is 9.47 Å². The molecule has 1 aromatic carbocycles. The van der Waals surface area contributed by atoms with Gasteiger partial charge in [0.1, 0.15) is 18.1 Å². The van der Waals surface area contributed by atoms with Gasteiger partial charge >= 0.3 is 0 Å². The second-order valence-corrected chi connectivity index (χ2v) is 4.15. The molecule has 1 unspecified atom stereocenters. The maximum atomic E-state index is 5.69. The van der Waals surface area contributed by atoms with E-state index in [2.05, 4.69) is 24.8 Å². The van der Waals surface area contributed by atoms with Gasteiger partial charge in [0.05, 0.1) is 7.11 Å². The Labute approximate surface area is 108 Å². The van der Waals surface area contributed by atoms with Crippen molar-refractivity contribution in [3.05, 3.63) is 66.5 Å². The molecule has 0 saturated heterocycles. The van der Waals surface area contributed by atoms with Crippen LogP contribution in [0.5, 0.6) is 5.75 Å². The van der Waals surface area contributed by atoms with Crippen molar-refractivity contribution in [1.82, 2.24) is 0 Å². The third-order valence-electron chi connectivity index (χ3n) is 2.98. The summed E-state index contributed by atoms with van der Waals surface area (Å²) in [6.07, 6.45) is 8.98. The van der Waals surface area contributed by atoms with Gasteiger partial charge in [-0.15, -0.1) is 0 Å².